The minimum absolute atomic E-state index is 0.117. The quantitative estimate of drug-likeness (QED) is 0.910. The number of para-hydroxylation sites is 1. The van der Waals surface area contributed by atoms with Crippen LogP contribution in [0.1, 0.15) is 5.56 Å². The van der Waals surface area contributed by atoms with E-state index in [-0.39, 0.29) is 23.7 Å². The highest BCUT2D eigenvalue weighted by molar-refractivity contribution is 6.33. The monoisotopic (exact) mass is 303 g/mol. The summed E-state index contributed by atoms with van der Waals surface area (Å²) in [5.74, 6) is -0.938. The summed E-state index contributed by atoms with van der Waals surface area (Å²) in [6.07, 6.45) is 0. The molecule has 0 aliphatic rings. The number of amides is 1. The average molecular weight is 304 g/mol. The molecule has 0 fully saturated rings. The Labute approximate surface area is 126 Å². The van der Waals surface area contributed by atoms with Crippen molar-refractivity contribution in [1.29, 1.82) is 5.26 Å². The molecule has 0 aliphatic heterocycles. The van der Waals surface area contributed by atoms with Crippen LogP contribution in [0.2, 0.25) is 5.02 Å². The lowest BCUT2D eigenvalue weighted by molar-refractivity contribution is -0.114. The number of nitrogens with one attached hydrogen (secondary N) is 2. The van der Waals surface area contributed by atoms with Crippen molar-refractivity contribution in [2.45, 2.75) is 0 Å². The van der Waals surface area contributed by atoms with Crippen LogP contribution in [0.15, 0.2) is 42.5 Å². The Kier molecular flexibility index (Phi) is 4.75. The molecule has 2 N–H and O–H groups in total. The Morgan fingerprint density at radius 3 is 2.67 bits per heavy atom. The van der Waals surface area contributed by atoms with Gasteiger partial charge in [-0.3, -0.25) is 4.79 Å². The number of hydrogen-bond acceptors (Lipinski definition) is 3. The van der Waals surface area contributed by atoms with Gasteiger partial charge in [-0.05, 0) is 30.3 Å². The predicted octanol–water partition coefficient (Wildman–Crippen LogP) is 3.40. The van der Waals surface area contributed by atoms with Crippen LogP contribution in [0, 0.1) is 17.1 Å². The van der Waals surface area contributed by atoms with Crippen LogP contribution in [0.3, 0.4) is 0 Å². The van der Waals surface area contributed by atoms with Gasteiger partial charge in [0, 0.05) is 0 Å². The number of rotatable bonds is 4. The number of carbonyl (C=O) groups excluding carboxylic acids is 1. The average Bonchev–Trinajstić information content (AvgIpc) is 2.48. The van der Waals surface area contributed by atoms with E-state index in [0.717, 1.165) is 6.07 Å². The first-order chi connectivity index (χ1) is 10.1. The van der Waals surface area contributed by atoms with E-state index in [2.05, 4.69) is 10.6 Å². The molecule has 6 heteroatoms. The third-order valence-electron chi connectivity index (χ3n) is 2.69. The molecule has 21 heavy (non-hydrogen) atoms. The van der Waals surface area contributed by atoms with Crippen LogP contribution < -0.4 is 10.6 Å². The Balaban J connectivity index is 1.96. The minimum atomic E-state index is -0.584. The van der Waals surface area contributed by atoms with Crippen molar-refractivity contribution in [1.82, 2.24) is 0 Å². The third kappa shape index (κ3) is 3.94. The minimum Gasteiger partial charge on any atom is -0.374 e. The van der Waals surface area contributed by atoms with Crippen LogP contribution in [-0.4, -0.2) is 12.5 Å². The summed E-state index contributed by atoms with van der Waals surface area (Å²) in [4.78, 5) is 11.8. The first-order valence-corrected chi connectivity index (χ1v) is 6.46. The SMILES string of the molecule is N#Cc1ccc(NCC(=O)Nc2ccccc2Cl)c(F)c1. The number of halogens is 2. The van der Waals surface area contributed by atoms with Gasteiger partial charge in [-0.2, -0.15) is 5.26 Å². The van der Waals surface area contributed by atoms with Crippen molar-refractivity contribution in [2.24, 2.45) is 0 Å². The van der Waals surface area contributed by atoms with Crippen LogP contribution >= 0.6 is 11.6 Å². The lowest BCUT2D eigenvalue weighted by Crippen LogP contribution is -2.22. The van der Waals surface area contributed by atoms with Crippen molar-refractivity contribution >= 4 is 28.9 Å². The maximum Gasteiger partial charge on any atom is 0.243 e. The number of hydrogen-bond donors (Lipinski definition) is 2. The third-order valence-corrected chi connectivity index (χ3v) is 3.02. The molecule has 106 valence electrons. The molecule has 4 nitrogen and oxygen atoms in total. The van der Waals surface area contributed by atoms with Gasteiger partial charge >= 0.3 is 0 Å². The predicted molar refractivity (Wildman–Crippen MR) is 79.7 cm³/mol. The summed E-state index contributed by atoms with van der Waals surface area (Å²) in [6, 6.07) is 12.6. The fourth-order valence-corrected chi connectivity index (χ4v) is 1.84. The van der Waals surface area contributed by atoms with E-state index < -0.39 is 5.82 Å². The van der Waals surface area contributed by atoms with Gasteiger partial charge in [0.05, 0.1) is 34.6 Å². The number of anilines is 2. The summed E-state index contributed by atoms with van der Waals surface area (Å²) >= 11 is 5.92. The van der Waals surface area contributed by atoms with Crippen LogP contribution in [-0.2, 0) is 4.79 Å². The molecule has 0 aliphatic carbocycles. The Morgan fingerprint density at radius 1 is 1.24 bits per heavy atom. The van der Waals surface area contributed by atoms with E-state index in [9.17, 15) is 9.18 Å². The zero-order valence-corrected chi connectivity index (χ0v) is 11.6. The summed E-state index contributed by atoms with van der Waals surface area (Å²) in [5.41, 5.74) is 0.869. The molecule has 1 amide bonds. The van der Waals surface area contributed by atoms with Gasteiger partial charge in [-0.1, -0.05) is 23.7 Å². The maximum atomic E-state index is 13.6. The van der Waals surface area contributed by atoms with Gasteiger partial charge in [0.1, 0.15) is 5.82 Å². The summed E-state index contributed by atoms with van der Waals surface area (Å²) in [5, 5.41) is 14.4. The zero-order chi connectivity index (χ0) is 15.2. The van der Waals surface area contributed by atoms with Gasteiger partial charge in [-0.25, -0.2) is 4.39 Å². The van der Waals surface area contributed by atoms with Gasteiger partial charge < -0.3 is 10.6 Å². The van der Waals surface area contributed by atoms with Crippen LogP contribution in [0.5, 0.6) is 0 Å². The second-order valence-corrected chi connectivity index (χ2v) is 4.60. The molecule has 2 aromatic carbocycles. The van der Waals surface area contributed by atoms with Crippen molar-refractivity contribution < 1.29 is 9.18 Å². The molecule has 0 aromatic heterocycles. The van der Waals surface area contributed by atoms with E-state index in [1.165, 1.54) is 12.1 Å². The first kappa shape index (κ1) is 14.8. The van der Waals surface area contributed by atoms with Gasteiger partial charge in [0.25, 0.3) is 0 Å². The van der Waals surface area contributed by atoms with E-state index in [1.54, 1.807) is 24.3 Å². The Morgan fingerprint density at radius 2 is 2.00 bits per heavy atom. The summed E-state index contributed by atoms with van der Waals surface area (Å²) in [6.45, 7) is -0.117. The van der Waals surface area contributed by atoms with Gasteiger partial charge in [0.2, 0.25) is 5.91 Å². The van der Waals surface area contributed by atoms with Crippen molar-refractivity contribution in [3.63, 3.8) is 0 Å². The zero-order valence-electron chi connectivity index (χ0n) is 10.9. The largest absolute Gasteiger partial charge is 0.374 e. The standard InChI is InChI=1S/C15H11ClFN3O/c16-11-3-1-2-4-13(11)20-15(21)9-19-14-6-5-10(8-18)7-12(14)17/h1-7,19H,9H2,(H,20,21). The molecule has 0 radical (unpaired) electrons. The number of benzene rings is 2. The topological polar surface area (TPSA) is 64.9 Å². The first-order valence-electron chi connectivity index (χ1n) is 6.08. The fourth-order valence-electron chi connectivity index (χ4n) is 1.66. The van der Waals surface area contributed by atoms with E-state index >= 15 is 0 Å². The highest BCUT2D eigenvalue weighted by atomic mass is 35.5. The second-order valence-electron chi connectivity index (χ2n) is 4.19. The molecule has 2 aromatic rings. The molecule has 0 bridgehead atoms. The van der Waals surface area contributed by atoms with E-state index in [4.69, 9.17) is 16.9 Å². The number of nitrogens with zero attached hydrogens (tertiary/aromatic N) is 1. The Hall–Kier alpha value is -2.58. The van der Waals surface area contributed by atoms with Crippen LogP contribution in [0.4, 0.5) is 15.8 Å². The molecule has 0 heterocycles. The van der Waals surface area contributed by atoms with Gasteiger partial charge in [0.15, 0.2) is 0 Å². The number of carbonyl (C=O) groups is 1. The van der Waals surface area contributed by atoms with Crippen molar-refractivity contribution in [3.8, 4) is 6.07 Å². The molecule has 0 saturated heterocycles. The lowest BCUT2D eigenvalue weighted by Gasteiger charge is -2.09. The summed E-state index contributed by atoms with van der Waals surface area (Å²) in [7, 11) is 0. The normalized spacial score (nSPS) is 9.76. The molecule has 2 rings (SSSR count). The van der Waals surface area contributed by atoms with Crippen LogP contribution in [0.25, 0.3) is 0 Å². The number of nitriles is 1. The second kappa shape index (κ2) is 6.73. The molecule has 0 saturated carbocycles. The molecular weight excluding hydrogens is 293 g/mol. The molecular formula is C15H11ClFN3O. The fraction of sp³-hybridized carbons (Fsp3) is 0.0667. The maximum absolute atomic E-state index is 13.6. The molecule has 0 spiro atoms. The highest BCUT2D eigenvalue weighted by Gasteiger charge is 2.07. The molecule has 0 unspecified atom stereocenters. The lowest BCUT2D eigenvalue weighted by atomic mass is 10.2. The Bertz CT molecular complexity index is 712. The van der Waals surface area contributed by atoms with Crippen molar-refractivity contribution in [3.05, 3.63) is 58.9 Å². The van der Waals surface area contributed by atoms with Crippen molar-refractivity contribution in [2.75, 3.05) is 17.2 Å². The van der Waals surface area contributed by atoms with Gasteiger partial charge in [-0.15, -0.1) is 0 Å². The smallest absolute Gasteiger partial charge is 0.243 e. The van der Waals surface area contributed by atoms with E-state index in [0.29, 0.717) is 10.7 Å². The summed E-state index contributed by atoms with van der Waals surface area (Å²) < 4.78 is 13.6. The highest BCUT2D eigenvalue weighted by Crippen LogP contribution is 2.20. The molecule has 0 atom stereocenters. The van der Waals surface area contributed by atoms with E-state index in [1.807, 2.05) is 6.07 Å².